The molecule has 0 saturated carbocycles. The maximum absolute atomic E-state index is 2.34. The van der Waals surface area contributed by atoms with Gasteiger partial charge >= 0.3 is 0 Å². The van der Waals surface area contributed by atoms with Gasteiger partial charge in [0.1, 0.15) is 0 Å². The van der Waals surface area contributed by atoms with Crippen LogP contribution in [0.5, 0.6) is 0 Å². The molecule has 0 aliphatic heterocycles. The molecule has 0 unspecified atom stereocenters. The van der Waals surface area contributed by atoms with Gasteiger partial charge in [0.15, 0.2) is 0 Å². The average molecular weight is 548 g/mol. The summed E-state index contributed by atoms with van der Waals surface area (Å²) < 4.78 is 0. The molecule has 8 rings (SSSR count). The van der Waals surface area contributed by atoms with Crippen molar-refractivity contribution in [3.8, 4) is 22.3 Å². The predicted octanol–water partition coefficient (Wildman–Crippen LogP) is 11.9. The number of hydrogen-bond acceptors (Lipinski definition) is 1. The second kappa shape index (κ2) is 10.6. The minimum atomic E-state index is 1.13. The Kier molecular flexibility index (Phi) is 6.20. The molecule has 0 N–H and O–H groups in total. The summed E-state index contributed by atoms with van der Waals surface area (Å²) in [4.78, 5) is 2.31. The van der Waals surface area contributed by atoms with Crippen LogP contribution in [0.2, 0.25) is 0 Å². The molecule has 0 fully saturated rings. The summed E-state index contributed by atoms with van der Waals surface area (Å²) in [5.74, 6) is 0. The number of hydrogen-bond donors (Lipinski definition) is 0. The van der Waals surface area contributed by atoms with Crippen LogP contribution in [0.3, 0.4) is 0 Å². The number of rotatable bonds is 5. The van der Waals surface area contributed by atoms with E-state index < -0.39 is 0 Å². The molecule has 1 nitrogen and oxygen atoms in total. The third kappa shape index (κ3) is 4.62. The standard InChI is InChI=1S/C42H29N/c1-3-14-36(15-4-1)43(37-16-5-2-6-17-37)38-18-11-13-30(28-38)31-22-23-33-27-35(25-24-32(33)26-31)42-29-34-12-7-8-19-39(34)40-20-9-10-21-41(40)42/h1-29H. The Morgan fingerprint density at radius 1 is 0.279 bits per heavy atom. The second-order valence-corrected chi connectivity index (χ2v) is 11.0. The van der Waals surface area contributed by atoms with Gasteiger partial charge in [0, 0.05) is 17.1 Å². The van der Waals surface area contributed by atoms with Crippen molar-refractivity contribution in [3.63, 3.8) is 0 Å². The molecule has 8 aromatic rings. The molecule has 0 bridgehead atoms. The minimum absolute atomic E-state index is 1.13. The van der Waals surface area contributed by atoms with Crippen molar-refractivity contribution in [1.82, 2.24) is 0 Å². The predicted molar refractivity (Wildman–Crippen MR) is 185 cm³/mol. The molecule has 43 heavy (non-hydrogen) atoms. The van der Waals surface area contributed by atoms with E-state index >= 15 is 0 Å². The second-order valence-electron chi connectivity index (χ2n) is 11.0. The van der Waals surface area contributed by atoms with E-state index in [-0.39, 0.29) is 0 Å². The summed E-state index contributed by atoms with van der Waals surface area (Å²) in [5, 5.41) is 7.63. The van der Waals surface area contributed by atoms with Crippen molar-refractivity contribution in [1.29, 1.82) is 0 Å². The van der Waals surface area contributed by atoms with Crippen molar-refractivity contribution >= 4 is 49.4 Å². The number of benzene rings is 8. The molecule has 0 amide bonds. The van der Waals surface area contributed by atoms with E-state index in [1.807, 2.05) is 0 Å². The van der Waals surface area contributed by atoms with E-state index in [4.69, 9.17) is 0 Å². The molecule has 0 saturated heterocycles. The number of para-hydroxylation sites is 2. The zero-order valence-electron chi connectivity index (χ0n) is 23.7. The Balaban J connectivity index is 1.20. The van der Waals surface area contributed by atoms with Gasteiger partial charge in [-0.15, -0.1) is 0 Å². The molecule has 1 heteroatoms. The Morgan fingerprint density at radius 3 is 1.53 bits per heavy atom. The number of fused-ring (bicyclic) bond motifs is 4. The highest BCUT2D eigenvalue weighted by Crippen LogP contribution is 2.38. The monoisotopic (exact) mass is 547 g/mol. The largest absolute Gasteiger partial charge is 0.310 e. The molecule has 0 spiro atoms. The molecule has 0 aliphatic rings. The first-order valence-corrected chi connectivity index (χ1v) is 14.8. The van der Waals surface area contributed by atoms with Gasteiger partial charge in [-0.05, 0) is 109 Å². The molecule has 0 heterocycles. The highest BCUT2D eigenvalue weighted by Gasteiger charge is 2.13. The zero-order chi connectivity index (χ0) is 28.6. The van der Waals surface area contributed by atoms with E-state index in [9.17, 15) is 0 Å². The van der Waals surface area contributed by atoms with E-state index in [2.05, 4.69) is 181 Å². The van der Waals surface area contributed by atoms with Gasteiger partial charge in [0.2, 0.25) is 0 Å². The van der Waals surface area contributed by atoms with Gasteiger partial charge in [-0.1, -0.05) is 121 Å². The molecule has 0 atom stereocenters. The van der Waals surface area contributed by atoms with Crippen molar-refractivity contribution < 1.29 is 0 Å². The number of nitrogens with zero attached hydrogens (tertiary/aromatic N) is 1. The lowest BCUT2D eigenvalue weighted by Crippen LogP contribution is -2.09. The summed E-state index contributed by atoms with van der Waals surface area (Å²) in [6.07, 6.45) is 0. The molecule has 0 aromatic heterocycles. The van der Waals surface area contributed by atoms with Crippen LogP contribution in [-0.2, 0) is 0 Å². The molecule has 202 valence electrons. The van der Waals surface area contributed by atoms with Crippen LogP contribution in [0.15, 0.2) is 176 Å². The van der Waals surface area contributed by atoms with Crippen LogP contribution in [-0.4, -0.2) is 0 Å². The van der Waals surface area contributed by atoms with E-state index in [1.54, 1.807) is 0 Å². The van der Waals surface area contributed by atoms with Gasteiger partial charge in [-0.2, -0.15) is 0 Å². The third-order valence-electron chi connectivity index (χ3n) is 8.39. The Bertz CT molecular complexity index is 2190. The fraction of sp³-hybridized carbons (Fsp3) is 0. The van der Waals surface area contributed by atoms with Gasteiger partial charge in [0.05, 0.1) is 0 Å². The molecule has 8 aromatic carbocycles. The van der Waals surface area contributed by atoms with Crippen LogP contribution >= 0.6 is 0 Å². The lowest BCUT2D eigenvalue weighted by Gasteiger charge is -2.26. The minimum Gasteiger partial charge on any atom is -0.310 e. The Morgan fingerprint density at radius 2 is 0.814 bits per heavy atom. The van der Waals surface area contributed by atoms with Gasteiger partial charge < -0.3 is 4.90 Å². The fourth-order valence-corrected chi connectivity index (χ4v) is 6.31. The SMILES string of the molecule is c1ccc(N(c2ccccc2)c2cccc(-c3ccc4cc(-c5cc6ccccc6c6ccccc56)ccc4c3)c2)cc1. The Labute approximate surface area is 251 Å². The van der Waals surface area contributed by atoms with Crippen LogP contribution in [0.25, 0.3) is 54.6 Å². The van der Waals surface area contributed by atoms with E-state index in [0.717, 1.165) is 17.1 Å². The summed E-state index contributed by atoms with van der Waals surface area (Å²) in [5.41, 5.74) is 8.32. The van der Waals surface area contributed by atoms with E-state index in [0.29, 0.717) is 0 Å². The highest BCUT2D eigenvalue weighted by atomic mass is 15.1. The van der Waals surface area contributed by atoms with Gasteiger partial charge in [0.25, 0.3) is 0 Å². The smallest absolute Gasteiger partial charge is 0.0467 e. The van der Waals surface area contributed by atoms with Crippen LogP contribution in [0.1, 0.15) is 0 Å². The molecule has 0 radical (unpaired) electrons. The summed E-state index contributed by atoms with van der Waals surface area (Å²) in [6, 6.07) is 63.4. The first-order chi connectivity index (χ1) is 21.3. The van der Waals surface area contributed by atoms with Crippen molar-refractivity contribution in [3.05, 3.63) is 176 Å². The third-order valence-corrected chi connectivity index (χ3v) is 8.39. The van der Waals surface area contributed by atoms with Gasteiger partial charge in [-0.25, -0.2) is 0 Å². The Hall–Kier alpha value is -5.66. The first-order valence-electron chi connectivity index (χ1n) is 14.8. The fourth-order valence-electron chi connectivity index (χ4n) is 6.31. The molecule has 0 aliphatic carbocycles. The molecular weight excluding hydrogens is 518 g/mol. The van der Waals surface area contributed by atoms with Crippen molar-refractivity contribution in [2.75, 3.05) is 4.90 Å². The maximum atomic E-state index is 2.34. The quantitative estimate of drug-likeness (QED) is 0.194. The zero-order valence-corrected chi connectivity index (χ0v) is 23.7. The van der Waals surface area contributed by atoms with Crippen LogP contribution in [0.4, 0.5) is 17.1 Å². The van der Waals surface area contributed by atoms with Crippen LogP contribution < -0.4 is 4.90 Å². The summed E-state index contributed by atoms with van der Waals surface area (Å²) >= 11 is 0. The van der Waals surface area contributed by atoms with Crippen molar-refractivity contribution in [2.45, 2.75) is 0 Å². The highest BCUT2D eigenvalue weighted by molar-refractivity contribution is 6.14. The van der Waals surface area contributed by atoms with Crippen LogP contribution in [0, 0.1) is 0 Å². The molecular formula is C42H29N. The van der Waals surface area contributed by atoms with E-state index in [1.165, 1.54) is 54.6 Å². The average Bonchev–Trinajstić information content (AvgIpc) is 3.09. The normalized spacial score (nSPS) is 11.3. The number of anilines is 3. The first kappa shape index (κ1) is 25.1. The lowest BCUT2D eigenvalue weighted by atomic mass is 9.92. The lowest BCUT2D eigenvalue weighted by molar-refractivity contribution is 1.28. The summed E-state index contributed by atoms with van der Waals surface area (Å²) in [7, 11) is 0. The summed E-state index contributed by atoms with van der Waals surface area (Å²) in [6.45, 7) is 0. The topological polar surface area (TPSA) is 3.24 Å². The maximum Gasteiger partial charge on any atom is 0.0467 e. The van der Waals surface area contributed by atoms with Gasteiger partial charge in [-0.3, -0.25) is 0 Å². The van der Waals surface area contributed by atoms with Crippen molar-refractivity contribution in [2.24, 2.45) is 0 Å².